The van der Waals surface area contributed by atoms with Crippen LogP contribution in [0.5, 0.6) is 0 Å². The molecule has 0 amide bonds. The smallest absolute Gasteiger partial charge is 0.330 e. The molecule has 0 aromatic heterocycles. The van der Waals surface area contributed by atoms with Crippen molar-refractivity contribution >= 4 is 7.82 Å². The minimum atomic E-state index is -4.24. The molecule has 0 aliphatic rings. The third-order valence-corrected chi connectivity index (χ3v) is 4.33. The van der Waals surface area contributed by atoms with E-state index in [4.69, 9.17) is 15.5 Å². The first-order valence-corrected chi connectivity index (χ1v) is 11.4. The first-order valence-electron chi connectivity index (χ1n) is 9.88. The monoisotopic (exact) mass is 367 g/mol. The number of phosphoric acid groups is 1. The van der Waals surface area contributed by atoms with Crippen molar-refractivity contribution in [2.45, 2.75) is 104 Å². The highest BCUT2D eigenvalue weighted by Crippen LogP contribution is 2.35. The summed E-state index contributed by atoms with van der Waals surface area (Å²) in [6.07, 6.45) is 17.3. The summed E-state index contributed by atoms with van der Waals surface area (Å²) >= 11 is 0. The molecule has 6 heteroatoms. The first-order chi connectivity index (χ1) is 11.5. The van der Waals surface area contributed by atoms with Crippen LogP contribution >= 0.6 is 7.82 Å². The molecule has 0 bridgehead atoms. The second-order valence-corrected chi connectivity index (χ2v) is 7.59. The fourth-order valence-corrected chi connectivity index (χ4v) is 2.71. The fourth-order valence-electron chi connectivity index (χ4n) is 2.34. The highest BCUT2D eigenvalue weighted by atomic mass is 31.2. The quantitative estimate of drug-likeness (QED) is 0.246. The van der Waals surface area contributed by atoms with E-state index in [-0.39, 0.29) is 6.61 Å². The van der Waals surface area contributed by atoms with Crippen molar-refractivity contribution in [2.24, 2.45) is 5.73 Å². The lowest BCUT2D eigenvalue weighted by Crippen LogP contribution is -1.97. The molecule has 0 atom stereocenters. The summed E-state index contributed by atoms with van der Waals surface area (Å²) in [6, 6.07) is 0. The SMILES string of the molecule is CCCCCCCCCCOP(=O)(O)O.CCCCCCCCN. The minimum Gasteiger partial charge on any atom is -0.330 e. The molecule has 0 aromatic rings. The minimum absolute atomic E-state index is 0.166. The molecular weight excluding hydrogens is 325 g/mol. The van der Waals surface area contributed by atoms with Gasteiger partial charge >= 0.3 is 7.82 Å². The molecule has 0 aromatic carbocycles. The Labute approximate surface area is 150 Å². The van der Waals surface area contributed by atoms with E-state index >= 15 is 0 Å². The van der Waals surface area contributed by atoms with Crippen LogP contribution in [0.2, 0.25) is 0 Å². The van der Waals surface area contributed by atoms with E-state index in [2.05, 4.69) is 18.4 Å². The average Bonchev–Trinajstić information content (AvgIpc) is 2.53. The van der Waals surface area contributed by atoms with Crippen molar-refractivity contribution in [3.63, 3.8) is 0 Å². The van der Waals surface area contributed by atoms with Gasteiger partial charge < -0.3 is 15.5 Å². The Balaban J connectivity index is 0. The molecule has 4 N–H and O–H groups in total. The second-order valence-electron chi connectivity index (χ2n) is 6.36. The summed E-state index contributed by atoms with van der Waals surface area (Å²) in [4.78, 5) is 16.8. The van der Waals surface area contributed by atoms with E-state index in [1.807, 2.05) is 0 Å². The molecule has 148 valence electrons. The number of rotatable bonds is 16. The van der Waals surface area contributed by atoms with Gasteiger partial charge in [0.2, 0.25) is 0 Å². The zero-order valence-corrected chi connectivity index (χ0v) is 16.9. The maximum atomic E-state index is 10.3. The largest absolute Gasteiger partial charge is 0.469 e. The zero-order valence-electron chi connectivity index (χ0n) is 16.0. The number of hydrogen-bond donors (Lipinski definition) is 3. The maximum Gasteiger partial charge on any atom is 0.469 e. The first kappa shape index (κ1) is 26.3. The van der Waals surface area contributed by atoms with Gasteiger partial charge in [0.1, 0.15) is 0 Å². The molecule has 0 rings (SSSR count). The van der Waals surface area contributed by atoms with Gasteiger partial charge in [0.15, 0.2) is 0 Å². The van der Waals surface area contributed by atoms with Crippen molar-refractivity contribution in [3.8, 4) is 0 Å². The van der Waals surface area contributed by atoms with Crippen LogP contribution in [0, 0.1) is 0 Å². The van der Waals surface area contributed by atoms with Gasteiger partial charge in [0.25, 0.3) is 0 Å². The Kier molecular flexibility index (Phi) is 23.1. The highest BCUT2D eigenvalue weighted by Gasteiger charge is 2.12. The molecule has 0 saturated heterocycles. The summed E-state index contributed by atoms with van der Waals surface area (Å²) in [5.74, 6) is 0. The Bertz CT molecular complexity index is 266. The molecular formula is C18H42NO4P. The van der Waals surface area contributed by atoms with Crippen molar-refractivity contribution in [3.05, 3.63) is 0 Å². The van der Waals surface area contributed by atoms with Crippen LogP contribution in [0.15, 0.2) is 0 Å². The predicted octanol–water partition coefficient (Wildman–Crippen LogP) is 5.54. The number of hydrogen-bond acceptors (Lipinski definition) is 3. The summed E-state index contributed by atoms with van der Waals surface area (Å²) < 4.78 is 14.7. The summed E-state index contributed by atoms with van der Waals surface area (Å²) in [5.41, 5.74) is 5.34. The Morgan fingerprint density at radius 1 is 0.708 bits per heavy atom. The van der Waals surface area contributed by atoms with E-state index in [1.54, 1.807) is 0 Å². The van der Waals surface area contributed by atoms with E-state index in [9.17, 15) is 4.57 Å². The summed E-state index contributed by atoms with van der Waals surface area (Å²) in [6.45, 7) is 5.47. The van der Waals surface area contributed by atoms with Gasteiger partial charge in [-0.25, -0.2) is 4.57 Å². The lowest BCUT2D eigenvalue weighted by atomic mass is 10.1. The van der Waals surface area contributed by atoms with Crippen LogP contribution in [-0.4, -0.2) is 22.9 Å². The van der Waals surface area contributed by atoms with Crippen molar-refractivity contribution < 1.29 is 18.9 Å². The molecule has 24 heavy (non-hydrogen) atoms. The number of phosphoric ester groups is 1. The molecule has 0 fully saturated rings. The molecule has 0 saturated carbocycles. The number of unbranched alkanes of at least 4 members (excludes halogenated alkanes) is 12. The Hall–Kier alpha value is 0.0700. The molecule has 0 aliphatic heterocycles. The van der Waals surface area contributed by atoms with Crippen molar-refractivity contribution in [2.75, 3.05) is 13.2 Å². The Morgan fingerprint density at radius 3 is 1.46 bits per heavy atom. The maximum absolute atomic E-state index is 10.3. The molecule has 0 heterocycles. The van der Waals surface area contributed by atoms with Gasteiger partial charge in [0.05, 0.1) is 6.61 Å². The third kappa shape index (κ3) is 30.0. The van der Waals surface area contributed by atoms with Crippen molar-refractivity contribution in [1.82, 2.24) is 0 Å². The summed E-state index contributed by atoms with van der Waals surface area (Å²) in [5, 5.41) is 0. The van der Waals surface area contributed by atoms with E-state index in [1.165, 1.54) is 70.6 Å². The van der Waals surface area contributed by atoms with Crippen LogP contribution < -0.4 is 5.73 Å². The predicted molar refractivity (Wildman–Crippen MR) is 103 cm³/mol. The summed E-state index contributed by atoms with van der Waals surface area (Å²) in [7, 11) is -4.24. The molecule has 5 nitrogen and oxygen atoms in total. The average molecular weight is 368 g/mol. The second kappa shape index (κ2) is 21.1. The fraction of sp³-hybridized carbons (Fsp3) is 1.00. The lowest BCUT2D eigenvalue weighted by Gasteiger charge is -2.04. The van der Waals surface area contributed by atoms with Gasteiger partial charge in [-0.2, -0.15) is 0 Å². The van der Waals surface area contributed by atoms with Gasteiger partial charge in [-0.15, -0.1) is 0 Å². The number of nitrogens with two attached hydrogens (primary N) is 1. The van der Waals surface area contributed by atoms with E-state index < -0.39 is 7.82 Å². The molecule has 0 unspecified atom stereocenters. The van der Waals surface area contributed by atoms with Gasteiger partial charge in [-0.3, -0.25) is 4.52 Å². The zero-order chi connectivity index (χ0) is 18.5. The highest BCUT2D eigenvalue weighted by molar-refractivity contribution is 7.46. The lowest BCUT2D eigenvalue weighted by molar-refractivity contribution is 0.193. The van der Waals surface area contributed by atoms with Crippen LogP contribution in [0.4, 0.5) is 0 Å². The van der Waals surface area contributed by atoms with Crippen LogP contribution in [-0.2, 0) is 9.09 Å². The molecule has 0 radical (unpaired) electrons. The van der Waals surface area contributed by atoms with Crippen LogP contribution in [0.25, 0.3) is 0 Å². The standard InChI is InChI=1S/C10H23O4P.C8H19N/c1-2-3-4-5-6-7-8-9-10-14-15(11,12)13;1-2-3-4-5-6-7-8-9/h2-10H2,1H3,(H2,11,12,13);2-9H2,1H3. The van der Waals surface area contributed by atoms with Gasteiger partial charge in [-0.1, -0.05) is 90.9 Å². The Morgan fingerprint density at radius 2 is 1.08 bits per heavy atom. The topological polar surface area (TPSA) is 92.8 Å². The molecule has 0 aliphatic carbocycles. The normalized spacial score (nSPS) is 11.2. The van der Waals surface area contributed by atoms with E-state index in [0.717, 1.165) is 25.8 Å². The van der Waals surface area contributed by atoms with Crippen LogP contribution in [0.3, 0.4) is 0 Å². The third-order valence-electron chi connectivity index (χ3n) is 3.82. The van der Waals surface area contributed by atoms with E-state index in [0.29, 0.717) is 0 Å². The molecule has 0 spiro atoms. The van der Waals surface area contributed by atoms with Crippen LogP contribution in [0.1, 0.15) is 104 Å². The van der Waals surface area contributed by atoms with Crippen molar-refractivity contribution in [1.29, 1.82) is 0 Å². The van der Waals surface area contributed by atoms with Gasteiger partial charge in [-0.05, 0) is 19.4 Å². The van der Waals surface area contributed by atoms with Gasteiger partial charge in [0, 0.05) is 0 Å².